The van der Waals surface area contributed by atoms with Crippen LogP contribution in [0.3, 0.4) is 0 Å². The number of aromatic nitrogens is 2. The normalized spacial score (nSPS) is 16.0. The molecule has 1 aliphatic rings. The summed E-state index contributed by atoms with van der Waals surface area (Å²) in [5.41, 5.74) is 0.0944. The Morgan fingerprint density at radius 2 is 2.07 bits per heavy atom. The van der Waals surface area contributed by atoms with Crippen molar-refractivity contribution in [2.24, 2.45) is 0 Å². The summed E-state index contributed by atoms with van der Waals surface area (Å²) in [6.07, 6.45) is 0.526. The van der Waals surface area contributed by atoms with Gasteiger partial charge < -0.3 is 10.1 Å². The first-order valence-corrected chi connectivity index (χ1v) is 9.04. The minimum absolute atomic E-state index is 0.0166. The van der Waals surface area contributed by atoms with Crippen molar-refractivity contribution in [1.82, 2.24) is 14.7 Å². The van der Waals surface area contributed by atoms with Crippen LogP contribution in [-0.4, -0.2) is 44.2 Å². The molecule has 0 saturated carbocycles. The van der Waals surface area contributed by atoms with Gasteiger partial charge in [-0.3, -0.25) is 14.3 Å². The van der Waals surface area contributed by atoms with E-state index in [0.717, 1.165) is 4.90 Å². The highest BCUT2D eigenvalue weighted by Crippen LogP contribution is 2.24. The topological polar surface area (TPSA) is 117 Å². The highest BCUT2D eigenvalue weighted by Gasteiger charge is 2.40. The van der Waals surface area contributed by atoms with E-state index in [1.165, 1.54) is 16.9 Å². The fourth-order valence-electron chi connectivity index (χ4n) is 3.00. The number of nitrogens with zero attached hydrogens (tertiary/aromatic N) is 4. The van der Waals surface area contributed by atoms with E-state index in [1.807, 2.05) is 6.07 Å². The summed E-state index contributed by atoms with van der Waals surface area (Å²) in [4.78, 5) is 39.3. The first-order chi connectivity index (χ1) is 13.6. The van der Waals surface area contributed by atoms with Gasteiger partial charge in [0.25, 0.3) is 11.8 Å². The lowest BCUT2D eigenvalue weighted by Gasteiger charge is -2.33. The van der Waals surface area contributed by atoms with E-state index in [4.69, 9.17) is 10.00 Å². The third-order valence-electron chi connectivity index (χ3n) is 4.22. The SMILES string of the molecule is C[C@@H]1Cn2ncc(C(=O)Nc3cccc(C#N)c3)c2C(=O)N1C(=O)OC(C)(C)C. The number of hydrogen-bond donors (Lipinski definition) is 1. The Hall–Kier alpha value is -3.67. The molecule has 2 heterocycles. The van der Waals surface area contributed by atoms with E-state index in [9.17, 15) is 14.4 Å². The van der Waals surface area contributed by atoms with E-state index in [1.54, 1.807) is 45.9 Å². The van der Waals surface area contributed by atoms with Crippen LogP contribution in [0, 0.1) is 11.3 Å². The number of carbonyl (C=O) groups is 3. The van der Waals surface area contributed by atoms with E-state index in [0.29, 0.717) is 11.3 Å². The van der Waals surface area contributed by atoms with Gasteiger partial charge in [0.05, 0.1) is 36.0 Å². The quantitative estimate of drug-likeness (QED) is 0.835. The Labute approximate surface area is 167 Å². The average molecular weight is 395 g/mol. The monoisotopic (exact) mass is 395 g/mol. The van der Waals surface area contributed by atoms with Crippen LogP contribution in [0.15, 0.2) is 30.5 Å². The Bertz CT molecular complexity index is 1030. The Morgan fingerprint density at radius 1 is 1.34 bits per heavy atom. The fourth-order valence-corrected chi connectivity index (χ4v) is 3.00. The lowest BCUT2D eigenvalue weighted by atomic mass is 10.1. The van der Waals surface area contributed by atoms with Gasteiger partial charge in [0, 0.05) is 5.69 Å². The smallest absolute Gasteiger partial charge is 0.417 e. The Kier molecular flexibility index (Phi) is 5.12. The predicted octanol–water partition coefficient (Wildman–Crippen LogP) is 2.79. The molecule has 0 radical (unpaired) electrons. The first-order valence-electron chi connectivity index (χ1n) is 9.04. The minimum atomic E-state index is -0.768. The lowest BCUT2D eigenvalue weighted by molar-refractivity contribution is 0.0128. The Balaban J connectivity index is 1.89. The molecule has 1 aromatic heterocycles. The molecular formula is C20H21N5O4. The highest BCUT2D eigenvalue weighted by atomic mass is 16.6. The van der Waals surface area contributed by atoms with Gasteiger partial charge in [-0.05, 0) is 45.9 Å². The Morgan fingerprint density at radius 3 is 2.72 bits per heavy atom. The van der Waals surface area contributed by atoms with Crippen molar-refractivity contribution < 1.29 is 19.1 Å². The van der Waals surface area contributed by atoms with Crippen molar-refractivity contribution >= 4 is 23.6 Å². The second kappa shape index (κ2) is 7.39. The number of hydrogen-bond acceptors (Lipinski definition) is 6. The van der Waals surface area contributed by atoms with Crippen molar-refractivity contribution in [3.8, 4) is 6.07 Å². The summed E-state index contributed by atoms with van der Waals surface area (Å²) >= 11 is 0. The number of rotatable bonds is 2. The van der Waals surface area contributed by atoms with Gasteiger partial charge in [0.2, 0.25) is 0 Å². The van der Waals surface area contributed by atoms with E-state index in [-0.39, 0.29) is 17.8 Å². The molecule has 0 bridgehead atoms. The third kappa shape index (κ3) is 4.11. The summed E-state index contributed by atoms with van der Waals surface area (Å²) < 4.78 is 6.75. The third-order valence-corrected chi connectivity index (χ3v) is 4.22. The summed E-state index contributed by atoms with van der Waals surface area (Å²) in [6, 6.07) is 7.91. The summed E-state index contributed by atoms with van der Waals surface area (Å²) in [5.74, 6) is -1.21. The van der Waals surface area contributed by atoms with Gasteiger partial charge in [-0.15, -0.1) is 0 Å². The lowest BCUT2D eigenvalue weighted by Crippen LogP contribution is -2.51. The number of fused-ring (bicyclic) bond motifs is 1. The second-order valence-electron chi connectivity index (χ2n) is 7.74. The number of ether oxygens (including phenoxy) is 1. The second-order valence-corrected chi connectivity index (χ2v) is 7.74. The fraction of sp³-hybridized carbons (Fsp3) is 0.350. The average Bonchev–Trinajstić information content (AvgIpc) is 3.04. The number of amides is 3. The van der Waals surface area contributed by atoms with Gasteiger partial charge in [0.1, 0.15) is 11.3 Å². The van der Waals surface area contributed by atoms with Gasteiger partial charge in [0.15, 0.2) is 0 Å². The number of nitrogens with one attached hydrogen (secondary N) is 1. The van der Waals surface area contributed by atoms with Crippen LogP contribution in [0.4, 0.5) is 10.5 Å². The molecule has 3 rings (SSSR count). The maximum absolute atomic E-state index is 13.0. The van der Waals surface area contributed by atoms with Crippen molar-refractivity contribution in [2.75, 3.05) is 5.32 Å². The van der Waals surface area contributed by atoms with Gasteiger partial charge >= 0.3 is 6.09 Å². The number of nitriles is 1. The molecular weight excluding hydrogens is 374 g/mol. The van der Waals surface area contributed by atoms with Crippen LogP contribution in [0.5, 0.6) is 0 Å². The molecule has 0 fully saturated rings. The molecule has 9 heteroatoms. The molecule has 9 nitrogen and oxygen atoms in total. The molecule has 0 spiro atoms. The summed E-state index contributed by atoms with van der Waals surface area (Å²) in [7, 11) is 0. The molecule has 29 heavy (non-hydrogen) atoms. The molecule has 2 aromatic rings. The zero-order valence-electron chi connectivity index (χ0n) is 16.6. The van der Waals surface area contributed by atoms with Crippen LogP contribution in [0.2, 0.25) is 0 Å². The molecule has 0 saturated heterocycles. The number of carbonyl (C=O) groups excluding carboxylic acids is 3. The van der Waals surface area contributed by atoms with Crippen LogP contribution < -0.4 is 5.32 Å². The zero-order chi connectivity index (χ0) is 21.3. The minimum Gasteiger partial charge on any atom is -0.443 e. The van der Waals surface area contributed by atoms with Crippen molar-refractivity contribution in [3.63, 3.8) is 0 Å². The molecule has 3 amide bonds. The highest BCUT2D eigenvalue weighted by molar-refractivity contribution is 6.13. The largest absolute Gasteiger partial charge is 0.443 e. The maximum atomic E-state index is 13.0. The van der Waals surface area contributed by atoms with Gasteiger partial charge in [-0.1, -0.05) is 6.07 Å². The zero-order valence-corrected chi connectivity index (χ0v) is 16.6. The van der Waals surface area contributed by atoms with Crippen LogP contribution in [0.1, 0.15) is 54.1 Å². The van der Waals surface area contributed by atoms with Gasteiger partial charge in [-0.2, -0.15) is 10.4 Å². The van der Waals surface area contributed by atoms with Gasteiger partial charge in [-0.25, -0.2) is 9.69 Å². The molecule has 0 unspecified atom stereocenters. The number of benzene rings is 1. The molecule has 0 aliphatic carbocycles. The van der Waals surface area contributed by atoms with E-state index in [2.05, 4.69) is 10.4 Å². The molecule has 1 N–H and O–H groups in total. The first kappa shape index (κ1) is 20.1. The molecule has 1 aromatic carbocycles. The van der Waals surface area contributed by atoms with Crippen molar-refractivity contribution in [2.45, 2.75) is 45.9 Å². The summed E-state index contributed by atoms with van der Waals surface area (Å²) in [6.45, 7) is 7.09. The molecule has 1 aliphatic heterocycles. The van der Waals surface area contributed by atoms with E-state index >= 15 is 0 Å². The van der Waals surface area contributed by atoms with Crippen molar-refractivity contribution in [3.05, 3.63) is 47.3 Å². The molecule has 1 atom stereocenters. The van der Waals surface area contributed by atoms with Crippen molar-refractivity contribution in [1.29, 1.82) is 5.26 Å². The molecule has 150 valence electrons. The van der Waals surface area contributed by atoms with Crippen LogP contribution in [0.25, 0.3) is 0 Å². The van der Waals surface area contributed by atoms with Crippen LogP contribution in [-0.2, 0) is 11.3 Å². The maximum Gasteiger partial charge on any atom is 0.417 e. The standard InChI is InChI=1S/C20H21N5O4/c1-12-11-24-16(18(27)25(12)19(28)29-20(2,3)4)15(10-22-24)17(26)23-14-7-5-6-13(8-14)9-21/h5-8,10,12H,11H2,1-4H3,(H,23,26)/t12-/m1/s1. The van der Waals surface area contributed by atoms with E-state index < -0.39 is 29.6 Å². The number of imide groups is 1. The number of anilines is 1. The van der Waals surface area contributed by atoms with Crippen LogP contribution >= 0.6 is 0 Å². The predicted molar refractivity (Wildman–Crippen MR) is 103 cm³/mol. The summed E-state index contributed by atoms with van der Waals surface area (Å²) in [5, 5.41) is 15.8.